The second kappa shape index (κ2) is 7.90. The molecule has 0 saturated carbocycles. The third-order valence-electron chi connectivity index (χ3n) is 4.61. The number of fused-ring (bicyclic) bond motifs is 1. The van der Waals surface area contributed by atoms with E-state index in [2.05, 4.69) is 16.0 Å². The Morgan fingerprint density at radius 1 is 0.724 bits per heavy atom. The summed E-state index contributed by atoms with van der Waals surface area (Å²) >= 11 is 0. The molecule has 0 spiro atoms. The van der Waals surface area contributed by atoms with Gasteiger partial charge in [-0.2, -0.15) is 0 Å². The SMILES string of the molecule is Cn1ccc2c(NC(=O)c3ccc(NC(=O)Nc4ccccc4)cc3)cccc21. The van der Waals surface area contributed by atoms with Crippen LogP contribution in [0.2, 0.25) is 0 Å². The summed E-state index contributed by atoms with van der Waals surface area (Å²) in [5.74, 6) is -0.207. The van der Waals surface area contributed by atoms with Crippen LogP contribution in [0.1, 0.15) is 10.4 Å². The van der Waals surface area contributed by atoms with Crippen molar-refractivity contribution in [1.29, 1.82) is 0 Å². The van der Waals surface area contributed by atoms with Gasteiger partial charge in [0.25, 0.3) is 5.91 Å². The Hall–Kier alpha value is -4.06. The van der Waals surface area contributed by atoms with Gasteiger partial charge in [-0.05, 0) is 54.6 Å². The fourth-order valence-electron chi connectivity index (χ4n) is 3.13. The number of carbonyl (C=O) groups excluding carboxylic acids is 2. The highest BCUT2D eigenvalue weighted by Gasteiger charge is 2.10. The zero-order valence-corrected chi connectivity index (χ0v) is 15.8. The number of benzene rings is 3. The minimum absolute atomic E-state index is 0.207. The molecule has 0 saturated heterocycles. The van der Waals surface area contributed by atoms with Crippen molar-refractivity contribution in [3.63, 3.8) is 0 Å². The molecule has 0 fully saturated rings. The van der Waals surface area contributed by atoms with E-state index in [0.717, 1.165) is 16.6 Å². The van der Waals surface area contributed by atoms with Gasteiger partial charge in [0.05, 0.1) is 5.69 Å². The summed E-state index contributed by atoms with van der Waals surface area (Å²) in [4.78, 5) is 24.7. The van der Waals surface area contributed by atoms with Crippen LogP contribution in [0, 0.1) is 0 Å². The molecule has 1 heterocycles. The van der Waals surface area contributed by atoms with E-state index < -0.39 is 0 Å². The number of para-hydroxylation sites is 1. The van der Waals surface area contributed by atoms with E-state index in [9.17, 15) is 9.59 Å². The Labute approximate surface area is 168 Å². The van der Waals surface area contributed by atoms with Gasteiger partial charge in [0.2, 0.25) is 0 Å². The maximum absolute atomic E-state index is 12.6. The third kappa shape index (κ3) is 4.11. The van der Waals surface area contributed by atoms with Gasteiger partial charge in [-0.25, -0.2) is 4.79 Å². The number of nitrogens with one attached hydrogen (secondary N) is 3. The van der Waals surface area contributed by atoms with E-state index in [1.807, 2.05) is 60.3 Å². The van der Waals surface area contributed by atoms with Gasteiger partial charge in [0.15, 0.2) is 0 Å². The van der Waals surface area contributed by atoms with Crippen LogP contribution < -0.4 is 16.0 Å². The van der Waals surface area contributed by atoms with Gasteiger partial charge in [-0.1, -0.05) is 24.3 Å². The van der Waals surface area contributed by atoms with E-state index in [0.29, 0.717) is 16.9 Å². The second-order valence-corrected chi connectivity index (χ2v) is 6.64. The number of carbonyl (C=O) groups is 2. The van der Waals surface area contributed by atoms with Crippen molar-refractivity contribution in [2.24, 2.45) is 7.05 Å². The van der Waals surface area contributed by atoms with Crippen LogP contribution >= 0.6 is 0 Å². The van der Waals surface area contributed by atoms with E-state index in [4.69, 9.17) is 0 Å². The van der Waals surface area contributed by atoms with Gasteiger partial charge in [0.1, 0.15) is 0 Å². The molecule has 6 nitrogen and oxygen atoms in total. The highest BCUT2D eigenvalue weighted by molar-refractivity contribution is 6.09. The van der Waals surface area contributed by atoms with Crippen LogP contribution in [0.5, 0.6) is 0 Å². The van der Waals surface area contributed by atoms with E-state index in [1.165, 1.54) is 0 Å². The molecule has 4 rings (SSSR count). The first-order valence-corrected chi connectivity index (χ1v) is 9.19. The lowest BCUT2D eigenvalue weighted by Crippen LogP contribution is -2.19. The standard InChI is InChI=1S/C23H20N4O2/c1-27-15-14-19-20(8-5-9-21(19)27)26-22(28)16-10-12-18(13-11-16)25-23(29)24-17-6-3-2-4-7-17/h2-15H,1H3,(H,26,28)(H2,24,25,29). The minimum atomic E-state index is -0.343. The molecule has 4 aromatic rings. The van der Waals surface area contributed by atoms with Gasteiger partial charge in [-0.15, -0.1) is 0 Å². The number of rotatable bonds is 4. The molecule has 3 aromatic carbocycles. The monoisotopic (exact) mass is 384 g/mol. The molecule has 0 aliphatic carbocycles. The molecule has 0 bridgehead atoms. The molecule has 0 aliphatic heterocycles. The Bertz CT molecular complexity index is 1160. The van der Waals surface area contributed by atoms with Crippen LogP contribution in [0.3, 0.4) is 0 Å². The fourth-order valence-corrected chi connectivity index (χ4v) is 3.13. The molecule has 0 atom stereocenters. The summed E-state index contributed by atoms with van der Waals surface area (Å²) in [5.41, 5.74) is 3.62. The van der Waals surface area contributed by atoms with Gasteiger partial charge in [0, 0.05) is 41.1 Å². The molecule has 6 heteroatoms. The normalized spacial score (nSPS) is 10.5. The second-order valence-electron chi connectivity index (χ2n) is 6.64. The Kier molecular flexibility index (Phi) is 4.99. The molecule has 1 aromatic heterocycles. The van der Waals surface area contributed by atoms with Crippen LogP contribution in [-0.2, 0) is 7.05 Å². The lowest BCUT2D eigenvalue weighted by atomic mass is 10.1. The van der Waals surface area contributed by atoms with Crippen molar-refractivity contribution in [2.45, 2.75) is 0 Å². The molecule has 0 aliphatic rings. The van der Waals surface area contributed by atoms with Crippen molar-refractivity contribution >= 4 is 39.9 Å². The number of nitrogens with zero attached hydrogens (tertiary/aromatic N) is 1. The third-order valence-corrected chi connectivity index (χ3v) is 4.61. The number of amides is 3. The Morgan fingerprint density at radius 3 is 2.14 bits per heavy atom. The quantitative estimate of drug-likeness (QED) is 0.459. The highest BCUT2D eigenvalue weighted by atomic mass is 16.2. The number of urea groups is 1. The number of aryl methyl sites for hydroxylation is 1. The lowest BCUT2D eigenvalue weighted by molar-refractivity contribution is 0.102. The zero-order valence-electron chi connectivity index (χ0n) is 15.8. The summed E-state index contributed by atoms with van der Waals surface area (Å²) in [6, 6.07) is 23.4. The minimum Gasteiger partial charge on any atom is -0.350 e. The predicted molar refractivity (Wildman–Crippen MR) is 116 cm³/mol. The zero-order chi connectivity index (χ0) is 20.2. The molecule has 3 amide bonds. The molecule has 29 heavy (non-hydrogen) atoms. The molecule has 0 radical (unpaired) electrons. The van der Waals surface area contributed by atoms with Crippen LogP contribution in [0.25, 0.3) is 10.9 Å². The predicted octanol–water partition coefficient (Wildman–Crippen LogP) is 5.07. The molecular weight excluding hydrogens is 364 g/mol. The molecule has 3 N–H and O–H groups in total. The maximum atomic E-state index is 12.6. The first-order valence-electron chi connectivity index (χ1n) is 9.19. The molecular formula is C23H20N4O2. The number of hydrogen-bond acceptors (Lipinski definition) is 2. The topological polar surface area (TPSA) is 75.2 Å². The molecule has 0 unspecified atom stereocenters. The van der Waals surface area contributed by atoms with Crippen molar-refractivity contribution in [3.05, 3.63) is 90.6 Å². The number of anilines is 3. The van der Waals surface area contributed by atoms with E-state index in [1.54, 1.807) is 36.4 Å². The fraction of sp³-hybridized carbons (Fsp3) is 0.0435. The van der Waals surface area contributed by atoms with Crippen LogP contribution in [-0.4, -0.2) is 16.5 Å². The highest BCUT2D eigenvalue weighted by Crippen LogP contribution is 2.24. The largest absolute Gasteiger partial charge is 0.350 e. The van der Waals surface area contributed by atoms with Crippen molar-refractivity contribution < 1.29 is 9.59 Å². The summed E-state index contributed by atoms with van der Waals surface area (Å²) < 4.78 is 2.01. The van der Waals surface area contributed by atoms with Crippen molar-refractivity contribution in [3.8, 4) is 0 Å². The average Bonchev–Trinajstić information content (AvgIpc) is 3.11. The van der Waals surface area contributed by atoms with E-state index in [-0.39, 0.29) is 11.9 Å². The summed E-state index contributed by atoms with van der Waals surface area (Å²) in [5, 5.41) is 9.44. The number of hydrogen-bond donors (Lipinski definition) is 3. The van der Waals surface area contributed by atoms with Gasteiger partial charge in [-0.3, -0.25) is 4.79 Å². The van der Waals surface area contributed by atoms with E-state index >= 15 is 0 Å². The molecule has 144 valence electrons. The van der Waals surface area contributed by atoms with Crippen LogP contribution in [0.4, 0.5) is 21.9 Å². The summed E-state index contributed by atoms with van der Waals surface area (Å²) in [6.07, 6.45) is 1.96. The lowest BCUT2D eigenvalue weighted by Gasteiger charge is -2.09. The summed E-state index contributed by atoms with van der Waals surface area (Å²) in [6.45, 7) is 0. The first kappa shape index (κ1) is 18.3. The average molecular weight is 384 g/mol. The van der Waals surface area contributed by atoms with Crippen LogP contribution in [0.15, 0.2) is 85.1 Å². The Balaban J connectivity index is 1.42. The maximum Gasteiger partial charge on any atom is 0.323 e. The smallest absolute Gasteiger partial charge is 0.323 e. The first-order chi connectivity index (χ1) is 14.1. The van der Waals surface area contributed by atoms with Crippen molar-refractivity contribution in [1.82, 2.24) is 4.57 Å². The summed E-state index contributed by atoms with van der Waals surface area (Å²) in [7, 11) is 1.97. The Morgan fingerprint density at radius 2 is 1.41 bits per heavy atom. The van der Waals surface area contributed by atoms with Gasteiger partial charge >= 0.3 is 6.03 Å². The number of aromatic nitrogens is 1. The van der Waals surface area contributed by atoms with Crippen molar-refractivity contribution in [2.75, 3.05) is 16.0 Å². The van der Waals surface area contributed by atoms with Gasteiger partial charge < -0.3 is 20.5 Å².